The highest BCUT2D eigenvalue weighted by atomic mass is 16.6. The van der Waals surface area contributed by atoms with Gasteiger partial charge in [-0.15, -0.1) is 0 Å². The van der Waals surface area contributed by atoms with Gasteiger partial charge in [0.2, 0.25) is 0 Å². The summed E-state index contributed by atoms with van der Waals surface area (Å²) in [6.45, 7) is 2.78. The Kier molecular flexibility index (Phi) is 5.90. The third kappa shape index (κ3) is 5.10. The van der Waals surface area contributed by atoms with Gasteiger partial charge in [0.25, 0.3) is 11.4 Å². The lowest BCUT2D eigenvalue weighted by Crippen LogP contribution is -2.41. The molecule has 0 unspecified atom stereocenters. The molecule has 1 heterocycles. The quantitative estimate of drug-likeness (QED) is 0.430. The molecule has 0 bridgehead atoms. The number of non-ortho nitro benzene ring substituents is 2. The maximum Gasteiger partial charge on any atom is 0.269 e. The lowest BCUT2D eigenvalue weighted by atomic mass is 10.2. The summed E-state index contributed by atoms with van der Waals surface area (Å²) in [7, 11) is 0. The van der Waals surface area contributed by atoms with Gasteiger partial charge in [-0.1, -0.05) is 0 Å². The lowest BCUT2D eigenvalue weighted by Gasteiger charge is -2.31. The predicted octanol–water partition coefficient (Wildman–Crippen LogP) is 2.49. The predicted molar refractivity (Wildman–Crippen MR) is 105 cm³/mol. The largest absolute Gasteiger partial charge is 0.293 e. The average Bonchev–Trinajstić information content (AvgIpc) is 2.72. The van der Waals surface area contributed by atoms with E-state index in [0.717, 1.165) is 11.1 Å². The molecule has 10 heteroatoms. The fourth-order valence-corrected chi connectivity index (χ4v) is 2.58. The lowest BCUT2D eigenvalue weighted by molar-refractivity contribution is -0.385. The molecule has 0 aromatic heterocycles. The monoisotopic (exact) mass is 382 g/mol. The smallest absolute Gasteiger partial charge is 0.269 e. The van der Waals surface area contributed by atoms with E-state index in [1.165, 1.54) is 24.3 Å². The minimum Gasteiger partial charge on any atom is -0.293 e. The van der Waals surface area contributed by atoms with Crippen molar-refractivity contribution in [2.24, 2.45) is 10.2 Å². The zero-order valence-electron chi connectivity index (χ0n) is 14.9. The van der Waals surface area contributed by atoms with Gasteiger partial charge in [0, 0.05) is 24.3 Å². The molecule has 144 valence electrons. The van der Waals surface area contributed by atoms with E-state index in [0.29, 0.717) is 26.2 Å². The van der Waals surface area contributed by atoms with Gasteiger partial charge in [-0.2, -0.15) is 10.2 Å². The van der Waals surface area contributed by atoms with Crippen LogP contribution in [0.4, 0.5) is 11.4 Å². The van der Waals surface area contributed by atoms with Crippen LogP contribution < -0.4 is 0 Å². The van der Waals surface area contributed by atoms with Crippen LogP contribution in [0.15, 0.2) is 58.7 Å². The molecule has 0 N–H and O–H groups in total. The molecule has 1 aliphatic heterocycles. The van der Waals surface area contributed by atoms with Crippen LogP contribution in [0, 0.1) is 20.2 Å². The minimum absolute atomic E-state index is 0.0525. The Hall–Kier alpha value is -3.82. The van der Waals surface area contributed by atoms with Crippen molar-refractivity contribution in [2.45, 2.75) is 0 Å². The maximum absolute atomic E-state index is 10.7. The molecule has 0 saturated carbocycles. The maximum atomic E-state index is 10.7. The highest BCUT2D eigenvalue weighted by Gasteiger charge is 2.13. The van der Waals surface area contributed by atoms with Crippen LogP contribution in [0.5, 0.6) is 0 Å². The SMILES string of the molecule is O=[N+]([O-])c1ccc(/C=N\N2CCN(/N=C/c3ccc([N+](=O)[O-])cc3)CC2)cc1. The van der Waals surface area contributed by atoms with E-state index in [1.54, 1.807) is 36.7 Å². The van der Waals surface area contributed by atoms with Gasteiger partial charge >= 0.3 is 0 Å². The van der Waals surface area contributed by atoms with Gasteiger partial charge in [0.15, 0.2) is 0 Å². The molecule has 1 aliphatic rings. The first-order valence-corrected chi connectivity index (χ1v) is 8.58. The molecule has 0 amide bonds. The Morgan fingerprint density at radius 3 is 1.29 bits per heavy atom. The Labute approximate surface area is 160 Å². The topological polar surface area (TPSA) is 117 Å². The normalized spacial score (nSPS) is 14.7. The van der Waals surface area contributed by atoms with Crippen molar-refractivity contribution in [1.82, 2.24) is 10.0 Å². The molecular formula is C18H18N6O4. The summed E-state index contributed by atoms with van der Waals surface area (Å²) in [6.07, 6.45) is 3.36. The summed E-state index contributed by atoms with van der Waals surface area (Å²) in [5, 5.41) is 33.9. The molecule has 0 atom stereocenters. The van der Waals surface area contributed by atoms with Gasteiger partial charge in [0.05, 0.1) is 48.5 Å². The van der Waals surface area contributed by atoms with Gasteiger partial charge < -0.3 is 0 Å². The zero-order valence-corrected chi connectivity index (χ0v) is 14.9. The highest BCUT2D eigenvalue weighted by molar-refractivity contribution is 5.80. The number of hydrogen-bond donors (Lipinski definition) is 0. The van der Waals surface area contributed by atoms with Crippen LogP contribution in [-0.4, -0.2) is 58.5 Å². The van der Waals surface area contributed by atoms with Crippen LogP contribution in [0.3, 0.4) is 0 Å². The zero-order chi connectivity index (χ0) is 19.9. The van der Waals surface area contributed by atoms with E-state index in [9.17, 15) is 20.2 Å². The average molecular weight is 382 g/mol. The van der Waals surface area contributed by atoms with Crippen molar-refractivity contribution < 1.29 is 9.85 Å². The fraction of sp³-hybridized carbons (Fsp3) is 0.222. The Morgan fingerprint density at radius 2 is 1.00 bits per heavy atom. The van der Waals surface area contributed by atoms with Crippen molar-refractivity contribution >= 4 is 23.8 Å². The van der Waals surface area contributed by atoms with Crippen LogP contribution in [0.25, 0.3) is 0 Å². The summed E-state index contributed by atoms with van der Waals surface area (Å²) >= 11 is 0. The van der Waals surface area contributed by atoms with E-state index in [-0.39, 0.29) is 11.4 Å². The van der Waals surface area contributed by atoms with Crippen LogP contribution in [0.1, 0.15) is 11.1 Å². The number of benzene rings is 2. The standard InChI is InChI=1S/C18H18N6O4/c25-23(26)17-5-1-15(2-6-17)13-19-21-9-11-22(12-10-21)20-14-16-3-7-18(8-4-16)24(27)28/h1-8,13-14H,9-12H2/b19-13-,20-14+. The Bertz CT molecular complexity index is 812. The molecule has 0 spiro atoms. The summed E-state index contributed by atoms with van der Waals surface area (Å²) in [5.74, 6) is 0. The van der Waals surface area contributed by atoms with Crippen LogP contribution >= 0.6 is 0 Å². The molecule has 10 nitrogen and oxygen atoms in total. The van der Waals surface area contributed by atoms with E-state index >= 15 is 0 Å². The minimum atomic E-state index is -0.433. The number of hydrazone groups is 2. The number of rotatable bonds is 6. The van der Waals surface area contributed by atoms with Crippen molar-refractivity contribution in [3.8, 4) is 0 Å². The number of hydrogen-bond acceptors (Lipinski definition) is 8. The van der Waals surface area contributed by atoms with E-state index < -0.39 is 9.85 Å². The van der Waals surface area contributed by atoms with Gasteiger partial charge in [0.1, 0.15) is 0 Å². The van der Waals surface area contributed by atoms with Crippen LogP contribution in [0.2, 0.25) is 0 Å². The highest BCUT2D eigenvalue weighted by Crippen LogP contribution is 2.12. The third-order valence-electron chi connectivity index (χ3n) is 4.18. The fourth-order valence-electron chi connectivity index (χ4n) is 2.58. The van der Waals surface area contributed by atoms with Gasteiger partial charge in [-0.05, 0) is 35.4 Å². The van der Waals surface area contributed by atoms with E-state index in [1.807, 2.05) is 10.0 Å². The van der Waals surface area contributed by atoms with Crippen molar-refractivity contribution in [1.29, 1.82) is 0 Å². The molecule has 28 heavy (non-hydrogen) atoms. The summed E-state index contributed by atoms with van der Waals surface area (Å²) < 4.78 is 0. The summed E-state index contributed by atoms with van der Waals surface area (Å²) in [4.78, 5) is 20.4. The first kappa shape index (κ1) is 19.0. The first-order valence-electron chi connectivity index (χ1n) is 8.58. The molecule has 0 aliphatic carbocycles. The van der Waals surface area contributed by atoms with Crippen molar-refractivity contribution in [3.63, 3.8) is 0 Å². The van der Waals surface area contributed by atoms with Gasteiger partial charge in [-0.3, -0.25) is 30.2 Å². The van der Waals surface area contributed by atoms with E-state index in [2.05, 4.69) is 10.2 Å². The number of piperazine rings is 1. The Morgan fingerprint density at radius 1 is 0.679 bits per heavy atom. The third-order valence-corrected chi connectivity index (χ3v) is 4.18. The molecule has 1 saturated heterocycles. The number of nitrogens with zero attached hydrogens (tertiary/aromatic N) is 6. The molecule has 0 radical (unpaired) electrons. The number of nitro groups is 2. The summed E-state index contributed by atoms with van der Waals surface area (Å²) in [6, 6.07) is 12.4. The molecular weight excluding hydrogens is 364 g/mol. The van der Waals surface area contributed by atoms with E-state index in [4.69, 9.17) is 0 Å². The Balaban J connectivity index is 1.48. The number of nitro benzene ring substituents is 2. The molecule has 1 fully saturated rings. The second-order valence-corrected chi connectivity index (χ2v) is 6.09. The molecule has 2 aromatic rings. The van der Waals surface area contributed by atoms with Crippen molar-refractivity contribution in [2.75, 3.05) is 26.2 Å². The van der Waals surface area contributed by atoms with Crippen LogP contribution in [-0.2, 0) is 0 Å². The second-order valence-electron chi connectivity index (χ2n) is 6.09. The van der Waals surface area contributed by atoms with Crippen molar-refractivity contribution in [3.05, 3.63) is 79.9 Å². The molecule has 2 aromatic carbocycles. The van der Waals surface area contributed by atoms with Gasteiger partial charge in [-0.25, -0.2) is 0 Å². The summed E-state index contributed by atoms with van der Waals surface area (Å²) in [5.41, 5.74) is 1.70. The first-order chi connectivity index (χ1) is 13.5. The second kappa shape index (κ2) is 8.71. The molecule has 3 rings (SSSR count).